The third-order valence-electron chi connectivity index (χ3n) is 4.36. The number of hydrogen-bond donors (Lipinski definition) is 1. The van der Waals surface area contributed by atoms with Gasteiger partial charge in [0.25, 0.3) is 5.91 Å². The van der Waals surface area contributed by atoms with Crippen LogP contribution in [-0.2, 0) is 12.7 Å². The molecule has 1 N–H and O–H groups in total. The van der Waals surface area contributed by atoms with Gasteiger partial charge in [-0.05, 0) is 31.0 Å². The van der Waals surface area contributed by atoms with E-state index >= 15 is 0 Å². The van der Waals surface area contributed by atoms with Gasteiger partial charge in [-0.3, -0.25) is 9.48 Å². The highest BCUT2D eigenvalue weighted by Crippen LogP contribution is 2.42. The number of fused-ring (bicyclic) bond motifs is 1. The number of carbonyl (C=O) groups excluding carboxylic acids is 1. The maximum Gasteiger partial charge on any atom is 0.435 e. The summed E-state index contributed by atoms with van der Waals surface area (Å²) < 4.78 is 45.5. The van der Waals surface area contributed by atoms with Crippen LogP contribution in [0.2, 0.25) is 0 Å². The molecule has 0 aliphatic heterocycles. The monoisotopic (exact) mass is 363 g/mol. The van der Waals surface area contributed by atoms with E-state index in [1.54, 1.807) is 12.1 Å². The van der Waals surface area contributed by atoms with Gasteiger partial charge in [0.2, 0.25) is 0 Å². The zero-order valence-electron chi connectivity index (χ0n) is 13.7. The number of rotatable bonds is 5. The van der Waals surface area contributed by atoms with E-state index in [0.717, 1.165) is 24.3 Å². The van der Waals surface area contributed by atoms with Crippen LogP contribution in [0.3, 0.4) is 0 Å². The molecule has 0 spiro atoms. The standard InChI is InChI=1S/C18H16F3N3O2/c19-18(20,21)16-10-13(11-5-6-11)24(23-16)8-7-22-17(25)15-9-12-3-1-2-4-14(12)26-15/h1-4,9-11H,5-8H2,(H,22,25). The van der Waals surface area contributed by atoms with Crippen molar-refractivity contribution in [2.75, 3.05) is 6.54 Å². The molecule has 136 valence electrons. The van der Waals surface area contributed by atoms with Crippen LogP contribution in [0.5, 0.6) is 0 Å². The van der Waals surface area contributed by atoms with Crippen molar-refractivity contribution < 1.29 is 22.4 Å². The summed E-state index contributed by atoms with van der Waals surface area (Å²) in [6, 6.07) is 9.99. The van der Waals surface area contributed by atoms with E-state index in [4.69, 9.17) is 4.42 Å². The smallest absolute Gasteiger partial charge is 0.435 e. The Hall–Kier alpha value is -2.77. The van der Waals surface area contributed by atoms with E-state index in [0.29, 0.717) is 11.3 Å². The molecule has 5 nitrogen and oxygen atoms in total. The second kappa shape index (κ2) is 6.19. The molecular formula is C18H16F3N3O2. The zero-order valence-corrected chi connectivity index (χ0v) is 13.7. The second-order valence-electron chi connectivity index (χ2n) is 6.35. The first-order chi connectivity index (χ1) is 12.4. The van der Waals surface area contributed by atoms with Crippen LogP contribution in [0.4, 0.5) is 13.2 Å². The van der Waals surface area contributed by atoms with E-state index in [1.165, 1.54) is 4.68 Å². The van der Waals surface area contributed by atoms with Gasteiger partial charge in [0.05, 0.1) is 6.54 Å². The molecule has 0 radical (unpaired) electrons. The first-order valence-corrected chi connectivity index (χ1v) is 8.33. The lowest BCUT2D eigenvalue weighted by Crippen LogP contribution is -2.27. The summed E-state index contributed by atoms with van der Waals surface area (Å²) in [6.45, 7) is 0.336. The lowest BCUT2D eigenvalue weighted by molar-refractivity contribution is -0.141. The van der Waals surface area contributed by atoms with Crippen LogP contribution >= 0.6 is 0 Å². The predicted octanol–water partition coefficient (Wildman–Crippen LogP) is 3.96. The average Bonchev–Trinajstić information content (AvgIpc) is 3.19. The van der Waals surface area contributed by atoms with Crippen molar-refractivity contribution in [3.63, 3.8) is 0 Å². The third kappa shape index (κ3) is 3.31. The van der Waals surface area contributed by atoms with Gasteiger partial charge in [-0.2, -0.15) is 18.3 Å². The molecule has 26 heavy (non-hydrogen) atoms. The Kier molecular flexibility index (Phi) is 3.97. The summed E-state index contributed by atoms with van der Waals surface area (Å²) in [5, 5.41) is 7.15. The van der Waals surface area contributed by atoms with Crippen LogP contribution in [-0.4, -0.2) is 22.2 Å². The Morgan fingerprint density at radius 3 is 2.73 bits per heavy atom. The number of carbonyl (C=O) groups is 1. The van der Waals surface area contributed by atoms with Crippen molar-refractivity contribution in [3.05, 3.63) is 53.5 Å². The van der Waals surface area contributed by atoms with Crippen molar-refractivity contribution in [2.24, 2.45) is 0 Å². The Morgan fingerprint density at radius 2 is 2.04 bits per heavy atom. The van der Waals surface area contributed by atoms with E-state index in [9.17, 15) is 18.0 Å². The molecule has 2 heterocycles. The molecule has 0 atom stereocenters. The lowest BCUT2D eigenvalue weighted by atomic mass is 10.2. The van der Waals surface area contributed by atoms with Crippen LogP contribution in [0.25, 0.3) is 11.0 Å². The van der Waals surface area contributed by atoms with Gasteiger partial charge in [0, 0.05) is 23.5 Å². The number of amides is 1. The molecule has 4 rings (SSSR count). The van der Waals surface area contributed by atoms with Gasteiger partial charge in [0.15, 0.2) is 11.5 Å². The first-order valence-electron chi connectivity index (χ1n) is 8.33. The van der Waals surface area contributed by atoms with Crippen molar-refractivity contribution in [3.8, 4) is 0 Å². The summed E-state index contributed by atoms with van der Waals surface area (Å²) >= 11 is 0. The molecule has 0 saturated heterocycles. The molecule has 1 aliphatic carbocycles. The maximum atomic E-state index is 12.9. The van der Waals surface area contributed by atoms with Crippen LogP contribution in [0.1, 0.15) is 40.7 Å². The third-order valence-corrected chi connectivity index (χ3v) is 4.36. The second-order valence-corrected chi connectivity index (χ2v) is 6.35. The average molecular weight is 363 g/mol. The van der Waals surface area contributed by atoms with Crippen molar-refractivity contribution in [2.45, 2.75) is 31.5 Å². The zero-order chi connectivity index (χ0) is 18.3. The van der Waals surface area contributed by atoms with Crippen molar-refractivity contribution in [1.82, 2.24) is 15.1 Å². The number of nitrogens with zero attached hydrogens (tertiary/aromatic N) is 2. The quantitative estimate of drug-likeness (QED) is 0.747. The highest BCUT2D eigenvalue weighted by molar-refractivity contribution is 5.95. The van der Waals surface area contributed by atoms with Crippen molar-refractivity contribution in [1.29, 1.82) is 0 Å². The summed E-state index contributed by atoms with van der Waals surface area (Å²) in [7, 11) is 0. The molecule has 1 saturated carbocycles. The summed E-state index contributed by atoms with van der Waals surface area (Å²) in [5.41, 5.74) is 0.300. The number of halogens is 3. The lowest BCUT2D eigenvalue weighted by Gasteiger charge is -2.07. The molecule has 0 bridgehead atoms. The Balaban J connectivity index is 1.42. The Bertz CT molecular complexity index is 921. The van der Waals surface area contributed by atoms with Crippen LogP contribution in [0.15, 0.2) is 40.8 Å². The molecule has 2 aromatic heterocycles. The number of alkyl halides is 3. The molecule has 1 aliphatic rings. The maximum absolute atomic E-state index is 12.9. The molecular weight excluding hydrogens is 347 g/mol. The molecule has 1 amide bonds. The number of nitrogens with one attached hydrogen (secondary N) is 1. The van der Waals surface area contributed by atoms with E-state index in [-0.39, 0.29) is 24.8 Å². The van der Waals surface area contributed by atoms with Crippen LogP contribution < -0.4 is 5.32 Å². The summed E-state index contributed by atoms with van der Waals surface area (Å²) in [4.78, 5) is 12.2. The fourth-order valence-corrected chi connectivity index (χ4v) is 2.91. The number of benzene rings is 1. The Morgan fingerprint density at radius 1 is 1.27 bits per heavy atom. The topological polar surface area (TPSA) is 60.1 Å². The fourth-order valence-electron chi connectivity index (χ4n) is 2.91. The van der Waals surface area contributed by atoms with Gasteiger partial charge >= 0.3 is 6.18 Å². The largest absolute Gasteiger partial charge is 0.451 e. The number of para-hydroxylation sites is 1. The van der Waals surface area contributed by atoms with Gasteiger partial charge in [-0.25, -0.2) is 0 Å². The number of furan rings is 1. The minimum absolute atomic E-state index is 0.129. The minimum atomic E-state index is -4.47. The normalized spacial score (nSPS) is 14.7. The molecule has 3 aromatic rings. The number of aromatic nitrogens is 2. The van der Waals surface area contributed by atoms with Gasteiger partial charge in [0.1, 0.15) is 5.58 Å². The minimum Gasteiger partial charge on any atom is -0.451 e. The van der Waals surface area contributed by atoms with E-state index in [2.05, 4.69) is 10.4 Å². The molecule has 1 fully saturated rings. The molecule has 1 aromatic carbocycles. The molecule has 0 unspecified atom stereocenters. The van der Waals surface area contributed by atoms with Gasteiger partial charge in [-0.1, -0.05) is 18.2 Å². The highest BCUT2D eigenvalue weighted by Gasteiger charge is 2.37. The van der Waals surface area contributed by atoms with Gasteiger partial charge in [-0.15, -0.1) is 0 Å². The Labute approximate surface area is 146 Å². The van der Waals surface area contributed by atoms with Crippen molar-refractivity contribution >= 4 is 16.9 Å². The summed E-state index contributed by atoms with van der Waals surface area (Å²) in [5.74, 6) is -0.105. The van der Waals surface area contributed by atoms with E-state index in [1.807, 2.05) is 18.2 Å². The first kappa shape index (κ1) is 16.7. The predicted molar refractivity (Wildman–Crippen MR) is 87.8 cm³/mol. The van der Waals surface area contributed by atoms with Gasteiger partial charge < -0.3 is 9.73 Å². The fraction of sp³-hybridized carbons (Fsp3) is 0.333. The highest BCUT2D eigenvalue weighted by atomic mass is 19.4. The van der Waals surface area contributed by atoms with Crippen LogP contribution in [0, 0.1) is 0 Å². The SMILES string of the molecule is O=C(NCCn1nc(C(F)(F)F)cc1C1CC1)c1cc2ccccc2o1. The summed E-state index contributed by atoms with van der Waals surface area (Å²) in [6.07, 6.45) is -2.73. The van der Waals surface area contributed by atoms with E-state index < -0.39 is 17.8 Å². The molecule has 8 heteroatoms. The number of hydrogen-bond acceptors (Lipinski definition) is 3.